The molecule has 0 aliphatic heterocycles. The Bertz CT molecular complexity index is 1090. The fourth-order valence-corrected chi connectivity index (χ4v) is 3.90. The number of anilines is 2. The van der Waals surface area contributed by atoms with E-state index in [4.69, 9.17) is 4.74 Å². The molecular weight excluding hydrogens is 443 g/mol. The summed E-state index contributed by atoms with van der Waals surface area (Å²) in [7, 11) is 0. The molecule has 160 valence electrons. The van der Waals surface area contributed by atoms with Gasteiger partial charge in [-0.1, -0.05) is 35.2 Å². The number of aromatic nitrogens is 2. The molecule has 2 aromatic carbocycles. The minimum absolute atomic E-state index is 0.0650. The van der Waals surface area contributed by atoms with E-state index in [1.807, 2.05) is 0 Å². The lowest BCUT2D eigenvalue weighted by atomic mass is 10.2. The van der Waals surface area contributed by atoms with Crippen LogP contribution in [-0.2, 0) is 9.53 Å². The standard InChI is InChI=1S/C20H17FN4O4S2/c1-2-29-18(28)12-7-9-13(10-8-12)22-16(26)11-30-20-25-24-19(31-20)23-17(27)14-5-3-4-6-15(14)21/h3-10H,2,11H2,1H3,(H,22,26)(H,23,24,27). The van der Waals surface area contributed by atoms with Crippen molar-refractivity contribution in [1.82, 2.24) is 10.2 Å². The zero-order valence-electron chi connectivity index (χ0n) is 16.3. The van der Waals surface area contributed by atoms with Gasteiger partial charge in [0.15, 0.2) is 4.34 Å². The highest BCUT2D eigenvalue weighted by Crippen LogP contribution is 2.26. The molecule has 2 N–H and O–H groups in total. The van der Waals surface area contributed by atoms with Gasteiger partial charge in [0, 0.05) is 5.69 Å². The molecule has 0 radical (unpaired) electrons. The van der Waals surface area contributed by atoms with Crippen LogP contribution in [0.4, 0.5) is 15.2 Å². The third kappa shape index (κ3) is 6.33. The maximum Gasteiger partial charge on any atom is 0.338 e. The average Bonchev–Trinajstić information content (AvgIpc) is 3.20. The van der Waals surface area contributed by atoms with E-state index in [-0.39, 0.29) is 29.0 Å². The number of benzene rings is 2. The largest absolute Gasteiger partial charge is 0.462 e. The van der Waals surface area contributed by atoms with E-state index in [1.54, 1.807) is 37.3 Å². The smallest absolute Gasteiger partial charge is 0.338 e. The topological polar surface area (TPSA) is 110 Å². The Hall–Kier alpha value is -3.31. The molecule has 0 aliphatic rings. The number of nitrogens with one attached hydrogen (secondary N) is 2. The monoisotopic (exact) mass is 460 g/mol. The number of nitrogens with zero attached hydrogens (tertiary/aromatic N) is 2. The number of hydrogen-bond donors (Lipinski definition) is 2. The normalized spacial score (nSPS) is 10.4. The van der Waals surface area contributed by atoms with E-state index < -0.39 is 17.7 Å². The first kappa shape index (κ1) is 22.4. The molecule has 0 aliphatic carbocycles. The molecule has 0 fully saturated rings. The van der Waals surface area contributed by atoms with Gasteiger partial charge in [-0.25, -0.2) is 9.18 Å². The second-order valence-corrected chi connectivity index (χ2v) is 8.14. The van der Waals surface area contributed by atoms with Crippen molar-refractivity contribution in [3.8, 4) is 0 Å². The summed E-state index contributed by atoms with van der Waals surface area (Å²) in [6.45, 7) is 2.01. The lowest BCUT2D eigenvalue weighted by Gasteiger charge is -2.06. The summed E-state index contributed by atoms with van der Waals surface area (Å²) in [5, 5.41) is 13.1. The number of thioether (sulfide) groups is 1. The van der Waals surface area contributed by atoms with Crippen LogP contribution in [0.3, 0.4) is 0 Å². The molecule has 1 aromatic heterocycles. The van der Waals surface area contributed by atoms with Gasteiger partial charge in [0.2, 0.25) is 11.0 Å². The van der Waals surface area contributed by atoms with E-state index in [0.29, 0.717) is 15.6 Å². The van der Waals surface area contributed by atoms with E-state index in [2.05, 4.69) is 20.8 Å². The van der Waals surface area contributed by atoms with Crippen molar-refractivity contribution in [1.29, 1.82) is 0 Å². The van der Waals surface area contributed by atoms with Gasteiger partial charge in [-0.2, -0.15) is 0 Å². The molecule has 3 rings (SSSR count). The fraction of sp³-hybridized carbons (Fsp3) is 0.150. The van der Waals surface area contributed by atoms with Gasteiger partial charge in [0.1, 0.15) is 5.82 Å². The molecule has 31 heavy (non-hydrogen) atoms. The first-order valence-corrected chi connectivity index (χ1v) is 10.9. The van der Waals surface area contributed by atoms with Gasteiger partial charge in [-0.3, -0.25) is 14.9 Å². The molecule has 0 bridgehead atoms. The summed E-state index contributed by atoms with van der Waals surface area (Å²) in [4.78, 5) is 35.9. The number of halogens is 1. The maximum atomic E-state index is 13.7. The highest BCUT2D eigenvalue weighted by molar-refractivity contribution is 8.01. The van der Waals surface area contributed by atoms with Crippen LogP contribution in [0.5, 0.6) is 0 Å². The van der Waals surface area contributed by atoms with E-state index in [9.17, 15) is 18.8 Å². The zero-order valence-corrected chi connectivity index (χ0v) is 17.9. The second kappa shape index (κ2) is 10.6. The minimum Gasteiger partial charge on any atom is -0.462 e. The van der Waals surface area contributed by atoms with E-state index in [0.717, 1.165) is 23.1 Å². The molecule has 0 saturated heterocycles. The summed E-state index contributed by atoms with van der Waals surface area (Å²) in [6, 6.07) is 12.0. The van der Waals surface area contributed by atoms with Gasteiger partial charge in [-0.15, -0.1) is 10.2 Å². The van der Waals surface area contributed by atoms with Gasteiger partial charge in [0.05, 0.1) is 23.5 Å². The Morgan fingerprint density at radius 2 is 1.81 bits per heavy atom. The summed E-state index contributed by atoms with van der Waals surface area (Å²) in [6.07, 6.45) is 0. The lowest BCUT2D eigenvalue weighted by molar-refractivity contribution is -0.113. The van der Waals surface area contributed by atoms with Crippen LogP contribution in [0.25, 0.3) is 0 Å². The number of amides is 2. The molecule has 0 saturated carbocycles. The van der Waals surface area contributed by atoms with E-state index in [1.165, 1.54) is 18.2 Å². The van der Waals surface area contributed by atoms with Crippen molar-refractivity contribution in [2.45, 2.75) is 11.3 Å². The Morgan fingerprint density at radius 1 is 1.06 bits per heavy atom. The number of carbonyl (C=O) groups is 3. The second-order valence-electron chi connectivity index (χ2n) is 5.94. The molecule has 0 spiro atoms. The van der Waals surface area contributed by atoms with Crippen LogP contribution in [0, 0.1) is 5.82 Å². The van der Waals surface area contributed by atoms with Crippen LogP contribution in [0.15, 0.2) is 52.9 Å². The van der Waals surface area contributed by atoms with Crippen LogP contribution < -0.4 is 10.6 Å². The minimum atomic E-state index is -0.633. The Balaban J connectivity index is 1.49. The highest BCUT2D eigenvalue weighted by atomic mass is 32.2. The van der Waals surface area contributed by atoms with Crippen LogP contribution in [-0.4, -0.2) is 40.3 Å². The van der Waals surface area contributed by atoms with Crippen molar-refractivity contribution in [2.24, 2.45) is 0 Å². The van der Waals surface area contributed by atoms with Crippen molar-refractivity contribution in [3.05, 3.63) is 65.5 Å². The zero-order chi connectivity index (χ0) is 22.2. The maximum absolute atomic E-state index is 13.7. The van der Waals surface area contributed by atoms with Gasteiger partial charge in [-0.05, 0) is 43.3 Å². The summed E-state index contributed by atoms with van der Waals surface area (Å²) < 4.78 is 19.0. The third-order valence-corrected chi connectivity index (χ3v) is 5.72. The quantitative estimate of drug-likeness (QED) is 0.299. The number of ether oxygens (including phenoxy) is 1. The van der Waals surface area contributed by atoms with Gasteiger partial charge in [0.25, 0.3) is 5.91 Å². The molecular formula is C20H17FN4O4S2. The SMILES string of the molecule is CCOC(=O)c1ccc(NC(=O)CSc2nnc(NC(=O)c3ccccc3F)s2)cc1. The van der Waals surface area contributed by atoms with Crippen molar-refractivity contribution in [2.75, 3.05) is 23.0 Å². The van der Waals surface area contributed by atoms with Gasteiger partial charge >= 0.3 is 5.97 Å². The number of carbonyl (C=O) groups excluding carboxylic acids is 3. The molecule has 8 nitrogen and oxygen atoms in total. The average molecular weight is 461 g/mol. The van der Waals surface area contributed by atoms with Crippen molar-refractivity contribution < 1.29 is 23.5 Å². The number of rotatable bonds is 8. The Labute approximate surface area is 185 Å². The Morgan fingerprint density at radius 3 is 2.52 bits per heavy atom. The lowest BCUT2D eigenvalue weighted by Crippen LogP contribution is -2.14. The number of esters is 1. The molecule has 11 heteroatoms. The predicted molar refractivity (Wildman–Crippen MR) is 116 cm³/mol. The summed E-state index contributed by atoms with van der Waals surface area (Å²) in [5.74, 6) is -1.90. The fourth-order valence-electron chi connectivity index (χ4n) is 2.36. The van der Waals surface area contributed by atoms with Crippen LogP contribution in [0.2, 0.25) is 0 Å². The van der Waals surface area contributed by atoms with Gasteiger partial charge < -0.3 is 10.1 Å². The first-order chi connectivity index (χ1) is 15.0. The molecule has 3 aromatic rings. The Kier molecular flexibility index (Phi) is 7.68. The molecule has 0 unspecified atom stereocenters. The molecule has 2 amide bonds. The molecule has 1 heterocycles. The highest BCUT2D eigenvalue weighted by Gasteiger charge is 2.15. The predicted octanol–water partition coefficient (Wildman–Crippen LogP) is 3.84. The summed E-state index contributed by atoms with van der Waals surface area (Å²) >= 11 is 2.22. The van der Waals surface area contributed by atoms with Crippen molar-refractivity contribution >= 4 is 51.7 Å². The first-order valence-electron chi connectivity index (χ1n) is 9.05. The van der Waals surface area contributed by atoms with Crippen LogP contribution >= 0.6 is 23.1 Å². The van der Waals surface area contributed by atoms with Crippen molar-refractivity contribution in [3.63, 3.8) is 0 Å². The third-order valence-electron chi connectivity index (χ3n) is 3.75. The van der Waals surface area contributed by atoms with E-state index >= 15 is 0 Å². The van der Waals surface area contributed by atoms with Crippen LogP contribution in [0.1, 0.15) is 27.6 Å². The molecule has 0 atom stereocenters. The number of hydrogen-bond acceptors (Lipinski definition) is 8. The summed E-state index contributed by atoms with van der Waals surface area (Å²) in [5.41, 5.74) is 0.835.